The lowest BCUT2D eigenvalue weighted by Crippen LogP contribution is -2.26. The largest absolute Gasteiger partial charge is 0.489 e. The first-order chi connectivity index (χ1) is 13.8. The fourth-order valence-corrected chi connectivity index (χ4v) is 4.27. The van der Waals surface area contributed by atoms with E-state index in [9.17, 15) is 0 Å². The topological polar surface area (TPSA) is 51.4 Å². The second kappa shape index (κ2) is 9.04. The van der Waals surface area contributed by atoms with Crippen LogP contribution in [0.3, 0.4) is 0 Å². The minimum atomic E-state index is 0.588. The summed E-state index contributed by atoms with van der Waals surface area (Å²) >= 11 is 1.64. The minimum absolute atomic E-state index is 0.588. The van der Waals surface area contributed by atoms with Gasteiger partial charge in [0.15, 0.2) is 5.13 Å². The van der Waals surface area contributed by atoms with E-state index in [4.69, 9.17) is 10.5 Å². The van der Waals surface area contributed by atoms with Gasteiger partial charge in [-0.3, -0.25) is 4.90 Å². The van der Waals surface area contributed by atoms with Crippen molar-refractivity contribution in [2.75, 3.05) is 25.4 Å². The second-order valence-corrected chi connectivity index (χ2v) is 8.09. The lowest BCUT2D eigenvalue weighted by Gasteiger charge is -2.17. The maximum atomic E-state index is 5.92. The molecule has 0 atom stereocenters. The molecule has 2 heterocycles. The average molecular weight is 392 g/mol. The van der Waals surface area contributed by atoms with Gasteiger partial charge in [0.25, 0.3) is 0 Å². The van der Waals surface area contributed by atoms with Gasteiger partial charge in [0.1, 0.15) is 12.4 Å². The molecule has 0 saturated carbocycles. The first-order valence-corrected chi connectivity index (χ1v) is 10.5. The number of nitrogen functional groups attached to an aromatic ring is 1. The Bertz CT molecular complexity index is 911. The summed E-state index contributed by atoms with van der Waals surface area (Å²) in [6.45, 7) is 3.62. The number of nitrogens with zero attached hydrogens (tertiary/aromatic N) is 2. The second-order valence-electron chi connectivity index (χ2n) is 6.97. The van der Waals surface area contributed by atoms with E-state index in [1.807, 2.05) is 30.3 Å². The van der Waals surface area contributed by atoms with Gasteiger partial charge in [0, 0.05) is 30.9 Å². The van der Waals surface area contributed by atoms with Gasteiger partial charge in [-0.05, 0) is 29.7 Å². The molecule has 0 amide bonds. The van der Waals surface area contributed by atoms with Crippen LogP contribution in [0.25, 0.3) is 6.08 Å². The van der Waals surface area contributed by atoms with Gasteiger partial charge in [0.2, 0.25) is 0 Å². The summed E-state index contributed by atoms with van der Waals surface area (Å²) in [5, 5.41) is 0.702. The molecule has 0 unspecified atom stereocenters. The molecule has 0 bridgehead atoms. The quantitative estimate of drug-likeness (QED) is 0.676. The molecular formula is C23H25N3OS. The van der Waals surface area contributed by atoms with E-state index < -0.39 is 0 Å². The van der Waals surface area contributed by atoms with Crippen LogP contribution in [0.1, 0.15) is 21.7 Å². The van der Waals surface area contributed by atoms with Crippen molar-refractivity contribution in [3.05, 3.63) is 82.4 Å². The molecule has 5 heteroatoms. The third kappa shape index (κ3) is 5.00. The molecule has 2 N–H and O–H groups in total. The van der Waals surface area contributed by atoms with Crippen molar-refractivity contribution in [2.24, 2.45) is 0 Å². The third-order valence-electron chi connectivity index (χ3n) is 4.90. The van der Waals surface area contributed by atoms with Gasteiger partial charge in [0.05, 0.1) is 5.69 Å². The van der Waals surface area contributed by atoms with Crippen LogP contribution in [-0.2, 0) is 19.4 Å². The number of fused-ring (bicyclic) bond motifs is 1. The average Bonchev–Trinajstić information content (AvgIpc) is 2.98. The lowest BCUT2D eigenvalue weighted by atomic mass is 10.2. The Morgan fingerprint density at radius 2 is 1.93 bits per heavy atom. The Morgan fingerprint density at radius 3 is 2.82 bits per heavy atom. The molecular weight excluding hydrogens is 366 g/mol. The molecule has 4 rings (SSSR count). The molecule has 3 aromatic rings. The predicted molar refractivity (Wildman–Crippen MR) is 117 cm³/mol. The van der Waals surface area contributed by atoms with Crippen LogP contribution >= 0.6 is 11.3 Å². The molecule has 1 aliphatic heterocycles. The zero-order valence-electron chi connectivity index (χ0n) is 15.9. The van der Waals surface area contributed by atoms with E-state index in [0.717, 1.165) is 43.8 Å². The van der Waals surface area contributed by atoms with Gasteiger partial charge in [-0.1, -0.05) is 54.6 Å². The molecule has 0 saturated heterocycles. The van der Waals surface area contributed by atoms with E-state index in [0.29, 0.717) is 11.7 Å². The number of hydrogen-bond acceptors (Lipinski definition) is 5. The van der Waals surface area contributed by atoms with E-state index in [2.05, 4.69) is 46.3 Å². The maximum Gasteiger partial charge on any atom is 0.180 e. The Morgan fingerprint density at radius 1 is 1.07 bits per heavy atom. The van der Waals surface area contributed by atoms with E-state index in [1.165, 1.54) is 16.1 Å². The summed E-state index contributed by atoms with van der Waals surface area (Å²) in [4.78, 5) is 8.28. The first-order valence-electron chi connectivity index (χ1n) is 9.66. The molecule has 0 fully saturated rings. The third-order valence-corrected chi connectivity index (χ3v) is 5.88. The summed E-state index contributed by atoms with van der Waals surface area (Å²) in [7, 11) is 0. The predicted octanol–water partition coefficient (Wildman–Crippen LogP) is 4.42. The van der Waals surface area contributed by atoms with Crippen LogP contribution in [0.2, 0.25) is 0 Å². The number of rotatable bonds is 6. The van der Waals surface area contributed by atoms with Gasteiger partial charge in [-0.15, -0.1) is 11.3 Å². The molecule has 28 heavy (non-hydrogen) atoms. The monoisotopic (exact) mass is 391 g/mol. The zero-order valence-corrected chi connectivity index (χ0v) is 16.7. The van der Waals surface area contributed by atoms with Crippen molar-refractivity contribution >= 4 is 22.5 Å². The lowest BCUT2D eigenvalue weighted by molar-refractivity contribution is 0.306. The molecule has 4 nitrogen and oxygen atoms in total. The van der Waals surface area contributed by atoms with Crippen LogP contribution in [0, 0.1) is 0 Å². The Kier molecular flexibility index (Phi) is 6.04. The highest BCUT2D eigenvalue weighted by molar-refractivity contribution is 7.15. The van der Waals surface area contributed by atoms with Crippen LogP contribution in [0.5, 0.6) is 5.75 Å². The summed E-state index contributed by atoms with van der Waals surface area (Å²) in [5.41, 5.74) is 9.36. The Labute approximate surface area is 170 Å². The van der Waals surface area contributed by atoms with Crippen LogP contribution < -0.4 is 10.5 Å². The van der Waals surface area contributed by atoms with Crippen molar-refractivity contribution in [1.29, 1.82) is 0 Å². The van der Waals surface area contributed by atoms with Crippen LogP contribution in [0.15, 0.2) is 60.7 Å². The highest BCUT2D eigenvalue weighted by Gasteiger charge is 2.16. The number of ether oxygens (including phenoxy) is 1. The van der Waals surface area contributed by atoms with Crippen molar-refractivity contribution in [3.63, 3.8) is 0 Å². The highest BCUT2D eigenvalue weighted by atomic mass is 32.1. The number of thiazole rings is 1. The van der Waals surface area contributed by atoms with Crippen LogP contribution in [-0.4, -0.2) is 29.5 Å². The highest BCUT2D eigenvalue weighted by Crippen LogP contribution is 2.24. The molecule has 0 aliphatic carbocycles. The minimum Gasteiger partial charge on any atom is -0.489 e. The molecule has 2 aromatic carbocycles. The van der Waals surface area contributed by atoms with Gasteiger partial charge in [-0.2, -0.15) is 0 Å². The van der Waals surface area contributed by atoms with Crippen molar-refractivity contribution in [2.45, 2.75) is 19.4 Å². The molecule has 144 valence electrons. The van der Waals surface area contributed by atoms with Crippen molar-refractivity contribution in [3.8, 4) is 5.75 Å². The summed E-state index contributed by atoms with van der Waals surface area (Å²) in [6, 6.07) is 18.5. The summed E-state index contributed by atoms with van der Waals surface area (Å²) < 4.78 is 5.92. The molecule has 1 aliphatic rings. The fourth-order valence-electron chi connectivity index (χ4n) is 3.40. The maximum absolute atomic E-state index is 5.92. The summed E-state index contributed by atoms with van der Waals surface area (Å²) in [5.74, 6) is 0.897. The first kappa shape index (κ1) is 18.7. The van der Waals surface area contributed by atoms with E-state index in [1.54, 1.807) is 11.3 Å². The molecule has 1 aromatic heterocycles. The fraction of sp³-hybridized carbons (Fsp3) is 0.261. The number of hydrogen-bond donors (Lipinski definition) is 1. The number of aromatic nitrogens is 1. The molecule has 0 radical (unpaired) electrons. The molecule has 0 spiro atoms. The SMILES string of the molecule is Nc1nc2c(s1)CCN(CC=Cc1cccc(OCc3ccccc3)c1)CC2. The Hall–Kier alpha value is -2.63. The smallest absolute Gasteiger partial charge is 0.180 e. The number of nitrogens with two attached hydrogens (primary N) is 1. The summed E-state index contributed by atoms with van der Waals surface area (Å²) in [6.07, 6.45) is 6.43. The Balaban J connectivity index is 1.29. The van der Waals surface area contributed by atoms with E-state index in [-0.39, 0.29) is 0 Å². The zero-order chi connectivity index (χ0) is 19.2. The van der Waals surface area contributed by atoms with Crippen molar-refractivity contribution in [1.82, 2.24) is 9.88 Å². The van der Waals surface area contributed by atoms with Crippen LogP contribution in [0.4, 0.5) is 5.13 Å². The van der Waals surface area contributed by atoms with Gasteiger partial charge >= 0.3 is 0 Å². The number of benzene rings is 2. The van der Waals surface area contributed by atoms with Crippen molar-refractivity contribution < 1.29 is 4.74 Å². The van der Waals surface area contributed by atoms with E-state index >= 15 is 0 Å². The normalized spacial score (nSPS) is 14.7. The van der Waals surface area contributed by atoms with Gasteiger partial charge < -0.3 is 10.5 Å². The van der Waals surface area contributed by atoms with Gasteiger partial charge in [-0.25, -0.2) is 4.98 Å². The number of anilines is 1. The standard InChI is InChI=1S/C23H25N3OS/c24-23-25-21-11-14-26(15-12-22(21)28-23)13-5-9-18-8-4-10-20(16-18)27-17-19-6-2-1-3-7-19/h1-10,16H,11-15,17H2,(H2,24,25).